The van der Waals surface area contributed by atoms with E-state index >= 15 is 0 Å². The normalized spacial score (nSPS) is 14.1. The van der Waals surface area contributed by atoms with Gasteiger partial charge in [-0.15, -0.1) is 0 Å². The third kappa shape index (κ3) is 4.08. The monoisotopic (exact) mass is 188 g/mol. The Morgan fingerprint density at radius 2 is 1.64 bits per heavy atom. The molecule has 0 radical (unpaired) electrons. The minimum atomic E-state index is 1.08. The largest absolute Gasteiger partial charge is 0.0985 e. The summed E-state index contributed by atoms with van der Waals surface area (Å²) in [5, 5.41) is 0. The third-order valence-electron chi connectivity index (χ3n) is 2.19. The summed E-state index contributed by atoms with van der Waals surface area (Å²) in [7, 11) is 0. The summed E-state index contributed by atoms with van der Waals surface area (Å²) in [5.41, 5.74) is 3.61. The van der Waals surface area contributed by atoms with Crippen LogP contribution in [0.3, 0.4) is 0 Å². The van der Waals surface area contributed by atoms with Gasteiger partial charge in [0.2, 0.25) is 0 Å². The van der Waals surface area contributed by atoms with Gasteiger partial charge in [-0.2, -0.15) is 0 Å². The molecule has 0 amide bonds. The van der Waals surface area contributed by atoms with Crippen molar-refractivity contribution in [1.82, 2.24) is 0 Å². The molecule has 0 heteroatoms. The first-order valence-electron chi connectivity index (χ1n) is 4.98. The van der Waals surface area contributed by atoms with Crippen LogP contribution >= 0.6 is 0 Å². The first-order valence-corrected chi connectivity index (χ1v) is 4.98. The topological polar surface area (TPSA) is 0 Å². The van der Waals surface area contributed by atoms with Crippen molar-refractivity contribution in [2.45, 2.75) is 27.2 Å². The Balaban J connectivity index is 4.89. The molecular weight excluding hydrogens is 168 g/mol. The van der Waals surface area contributed by atoms with Crippen LogP contribution in [0.25, 0.3) is 0 Å². The molecule has 0 aliphatic rings. The molecule has 0 bridgehead atoms. The summed E-state index contributed by atoms with van der Waals surface area (Å²) < 4.78 is 0. The van der Waals surface area contributed by atoms with Gasteiger partial charge in [-0.05, 0) is 31.4 Å². The Morgan fingerprint density at radius 1 is 1.07 bits per heavy atom. The maximum Gasteiger partial charge on any atom is -0.0193 e. The van der Waals surface area contributed by atoms with Gasteiger partial charge in [-0.25, -0.2) is 0 Å². The van der Waals surface area contributed by atoms with Gasteiger partial charge in [-0.1, -0.05) is 56.0 Å². The molecule has 0 atom stereocenters. The fourth-order valence-electron chi connectivity index (χ4n) is 1.03. The second-order valence-electron chi connectivity index (χ2n) is 3.14. The maximum absolute atomic E-state index is 3.80. The highest BCUT2D eigenvalue weighted by Crippen LogP contribution is 2.13. The van der Waals surface area contributed by atoms with Crippen LogP contribution in [-0.4, -0.2) is 0 Å². The molecule has 0 fully saturated rings. The van der Waals surface area contributed by atoms with Crippen molar-refractivity contribution in [2.24, 2.45) is 0 Å². The van der Waals surface area contributed by atoms with Gasteiger partial charge < -0.3 is 0 Å². The highest BCUT2D eigenvalue weighted by atomic mass is 14.0. The maximum atomic E-state index is 3.80. The average molecular weight is 188 g/mol. The minimum Gasteiger partial charge on any atom is -0.0985 e. The summed E-state index contributed by atoms with van der Waals surface area (Å²) in [5.74, 6) is 0. The Kier molecular flexibility index (Phi) is 6.47. The van der Waals surface area contributed by atoms with Crippen molar-refractivity contribution in [3.63, 3.8) is 0 Å². The lowest BCUT2D eigenvalue weighted by Crippen LogP contribution is -1.81. The molecule has 0 rings (SSSR count). The molecule has 0 saturated carbocycles. The van der Waals surface area contributed by atoms with Gasteiger partial charge in [0.1, 0.15) is 0 Å². The van der Waals surface area contributed by atoms with Gasteiger partial charge in [0.15, 0.2) is 0 Å². The van der Waals surface area contributed by atoms with Gasteiger partial charge in [-0.3, -0.25) is 0 Å². The van der Waals surface area contributed by atoms with Crippen LogP contribution in [0, 0.1) is 0 Å². The van der Waals surface area contributed by atoms with E-state index in [1.165, 1.54) is 5.57 Å². The molecule has 0 aliphatic carbocycles. The molecule has 0 aromatic rings. The van der Waals surface area contributed by atoms with E-state index in [0.717, 1.165) is 17.6 Å². The predicted octanol–water partition coefficient (Wildman–Crippen LogP) is 4.59. The van der Waals surface area contributed by atoms with Crippen LogP contribution in [0.2, 0.25) is 0 Å². The number of rotatable bonds is 5. The summed E-state index contributed by atoms with van der Waals surface area (Å²) in [6, 6.07) is 0. The van der Waals surface area contributed by atoms with Gasteiger partial charge >= 0.3 is 0 Å². The van der Waals surface area contributed by atoms with E-state index in [-0.39, 0.29) is 0 Å². The van der Waals surface area contributed by atoms with Crippen molar-refractivity contribution < 1.29 is 0 Å². The summed E-state index contributed by atoms with van der Waals surface area (Å²) in [6.45, 7) is 13.8. The van der Waals surface area contributed by atoms with E-state index in [0.29, 0.717) is 0 Å². The minimum absolute atomic E-state index is 1.08. The van der Waals surface area contributed by atoms with Crippen molar-refractivity contribution in [3.05, 3.63) is 60.3 Å². The van der Waals surface area contributed by atoms with Crippen molar-refractivity contribution in [3.8, 4) is 0 Å². The van der Waals surface area contributed by atoms with Crippen molar-refractivity contribution in [1.29, 1.82) is 0 Å². The Morgan fingerprint density at radius 3 is 2.00 bits per heavy atom. The third-order valence-corrected chi connectivity index (χ3v) is 2.19. The van der Waals surface area contributed by atoms with Crippen molar-refractivity contribution in [2.75, 3.05) is 0 Å². The van der Waals surface area contributed by atoms with Crippen LogP contribution in [0.4, 0.5) is 0 Å². The number of hydrogen-bond donors (Lipinski definition) is 0. The average Bonchev–Trinajstić information content (AvgIpc) is 2.23. The number of hydrogen-bond acceptors (Lipinski definition) is 0. The van der Waals surface area contributed by atoms with E-state index < -0.39 is 0 Å². The molecule has 0 aromatic carbocycles. The lowest BCUT2D eigenvalue weighted by Gasteiger charge is -2.01. The molecule has 0 spiro atoms. The van der Waals surface area contributed by atoms with Gasteiger partial charge in [0, 0.05) is 0 Å². The summed E-state index contributed by atoms with van der Waals surface area (Å²) in [4.78, 5) is 0. The first kappa shape index (κ1) is 12.7. The lowest BCUT2D eigenvalue weighted by molar-refractivity contribution is 1.10. The molecule has 0 aromatic heterocycles. The zero-order chi connectivity index (χ0) is 11.0. The quantitative estimate of drug-likeness (QED) is 0.554. The van der Waals surface area contributed by atoms with Gasteiger partial charge in [0.25, 0.3) is 0 Å². The van der Waals surface area contributed by atoms with Crippen LogP contribution < -0.4 is 0 Å². The van der Waals surface area contributed by atoms with E-state index in [1.807, 2.05) is 25.2 Å². The Bertz CT molecular complexity index is 285. The van der Waals surface area contributed by atoms with Crippen LogP contribution in [0.5, 0.6) is 0 Å². The second-order valence-corrected chi connectivity index (χ2v) is 3.14. The highest BCUT2D eigenvalue weighted by Gasteiger charge is 1.93. The molecule has 0 nitrogen and oxygen atoms in total. The predicted molar refractivity (Wildman–Crippen MR) is 66.3 cm³/mol. The second kappa shape index (κ2) is 7.14. The molecule has 14 heavy (non-hydrogen) atoms. The van der Waals surface area contributed by atoms with E-state index in [9.17, 15) is 0 Å². The molecule has 0 aliphatic heterocycles. The Hall–Kier alpha value is -1.30. The smallest absolute Gasteiger partial charge is 0.0193 e. The van der Waals surface area contributed by atoms with E-state index in [1.54, 1.807) is 0 Å². The zero-order valence-corrected chi connectivity index (χ0v) is 9.51. The standard InChI is InChI=1S/C14H20/c1-6-12(5)10-11-14(9-4)13(7-2)8-3/h7-11H,2,4,6H2,1,3,5H3/b12-10+,13-8+,14-11+. The highest BCUT2D eigenvalue weighted by molar-refractivity contribution is 5.46. The zero-order valence-electron chi connectivity index (χ0n) is 9.51. The van der Waals surface area contributed by atoms with E-state index in [4.69, 9.17) is 0 Å². The van der Waals surface area contributed by atoms with Crippen molar-refractivity contribution >= 4 is 0 Å². The first-order chi connectivity index (χ1) is 6.69. The molecule has 76 valence electrons. The van der Waals surface area contributed by atoms with Crippen LogP contribution in [0.1, 0.15) is 27.2 Å². The number of allylic oxidation sites excluding steroid dienone is 8. The Labute approximate surface area is 88.0 Å². The van der Waals surface area contributed by atoms with Crippen LogP contribution in [-0.2, 0) is 0 Å². The molecule has 0 heterocycles. The molecular formula is C14H20. The summed E-state index contributed by atoms with van der Waals surface area (Å²) in [6.07, 6.45) is 11.0. The van der Waals surface area contributed by atoms with Crippen LogP contribution in [0.15, 0.2) is 60.3 Å². The summed E-state index contributed by atoms with van der Waals surface area (Å²) >= 11 is 0. The fourth-order valence-corrected chi connectivity index (χ4v) is 1.03. The van der Waals surface area contributed by atoms with Gasteiger partial charge in [0.05, 0.1) is 0 Å². The lowest BCUT2D eigenvalue weighted by atomic mass is 10.0. The molecule has 0 unspecified atom stereocenters. The SMILES string of the molecule is C=CC(=C\C)/C(C=C)=C/C=C(\C)CC. The molecule has 0 saturated heterocycles. The molecule has 0 N–H and O–H groups in total. The van der Waals surface area contributed by atoms with E-state index in [2.05, 4.69) is 39.2 Å². The fraction of sp³-hybridized carbons (Fsp3) is 0.286.